The maximum atomic E-state index is 12.0. The van der Waals surface area contributed by atoms with Crippen molar-refractivity contribution in [2.45, 2.75) is 0 Å². The van der Waals surface area contributed by atoms with Crippen molar-refractivity contribution >= 4 is 10.9 Å². The van der Waals surface area contributed by atoms with E-state index in [4.69, 9.17) is 0 Å². The fourth-order valence-electron chi connectivity index (χ4n) is 1.88. The second-order valence-electron chi connectivity index (χ2n) is 3.84. The SMILES string of the molecule is O=c1[nH]c2cnccc2cc1-c1ccccc1. The van der Waals surface area contributed by atoms with Gasteiger partial charge in [-0.25, -0.2) is 0 Å². The standard InChI is InChI=1S/C14H10N2O/c17-14-12(10-4-2-1-3-5-10)8-11-6-7-15-9-13(11)16-14/h1-9H,(H,16,17). The summed E-state index contributed by atoms with van der Waals surface area (Å²) in [5, 5.41) is 0.985. The number of benzene rings is 1. The topological polar surface area (TPSA) is 45.8 Å². The summed E-state index contributed by atoms with van der Waals surface area (Å²) >= 11 is 0. The van der Waals surface area contributed by atoms with E-state index in [-0.39, 0.29) is 5.56 Å². The second kappa shape index (κ2) is 3.87. The molecule has 0 radical (unpaired) electrons. The molecular formula is C14H10N2O. The molecule has 0 bridgehead atoms. The lowest BCUT2D eigenvalue weighted by Gasteiger charge is -2.02. The molecule has 3 rings (SSSR count). The van der Waals surface area contributed by atoms with Crippen molar-refractivity contribution in [2.75, 3.05) is 0 Å². The predicted molar refractivity (Wildman–Crippen MR) is 67.8 cm³/mol. The maximum Gasteiger partial charge on any atom is 0.256 e. The first-order valence-electron chi connectivity index (χ1n) is 5.37. The normalized spacial score (nSPS) is 10.6. The van der Waals surface area contributed by atoms with Crippen LogP contribution in [0, 0.1) is 0 Å². The van der Waals surface area contributed by atoms with E-state index < -0.39 is 0 Å². The number of nitrogens with zero attached hydrogens (tertiary/aromatic N) is 1. The largest absolute Gasteiger partial charge is 0.320 e. The Morgan fingerprint density at radius 2 is 1.88 bits per heavy atom. The van der Waals surface area contributed by atoms with Crippen molar-refractivity contribution in [3.8, 4) is 11.1 Å². The van der Waals surface area contributed by atoms with Gasteiger partial charge in [0.05, 0.1) is 11.7 Å². The van der Waals surface area contributed by atoms with Gasteiger partial charge in [-0.3, -0.25) is 9.78 Å². The lowest BCUT2D eigenvalue weighted by atomic mass is 10.1. The van der Waals surface area contributed by atoms with E-state index in [1.54, 1.807) is 12.4 Å². The van der Waals surface area contributed by atoms with Crippen LogP contribution in [-0.4, -0.2) is 9.97 Å². The van der Waals surface area contributed by atoms with E-state index >= 15 is 0 Å². The van der Waals surface area contributed by atoms with E-state index in [0.717, 1.165) is 16.5 Å². The highest BCUT2D eigenvalue weighted by Crippen LogP contribution is 2.18. The van der Waals surface area contributed by atoms with Crippen molar-refractivity contribution in [3.05, 3.63) is 65.2 Å². The molecule has 17 heavy (non-hydrogen) atoms. The predicted octanol–water partition coefficient (Wildman–Crippen LogP) is 2.59. The number of hydrogen-bond acceptors (Lipinski definition) is 2. The van der Waals surface area contributed by atoms with Crippen LogP contribution in [0.25, 0.3) is 22.0 Å². The molecule has 2 heterocycles. The highest BCUT2D eigenvalue weighted by molar-refractivity contribution is 5.82. The Bertz CT molecular complexity index is 717. The maximum absolute atomic E-state index is 12.0. The Morgan fingerprint density at radius 1 is 1.06 bits per heavy atom. The van der Waals surface area contributed by atoms with Crippen LogP contribution < -0.4 is 5.56 Å². The molecular weight excluding hydrogens is 212 g/mol. The molecule has 0 aliphatic carbocycles. The lowest BCUT2D eigenvalue weighted by Crippen LogP contribution is -2.08. The first-order chi connectivity index (χ1) is 8.34. The Balaban J connectivity index is 2.31. The van der Waals surface area contributed by atoms with Gasteiger partial charge in [0, 0.05) is 17.1 Å². The van der Waals surface area contributed by atoms with Crippen LogP contribution in [0.4, 0.5) is 0 Å². The molecule has 82 valence electrons. The first kappa shape index (κ1) is 9.78. The molecule has 1 N–H and O–H groups in total. The minimum absolute atomic E-state index is 0.0864. The van der Waals surface area contributed by atoms with E-state index in [1.165, 1.54) is 0 Å². The average Bonchev–Trinajstić information content (AvgIpc) is 2.39. The van der Waals surface area contributed by atoms with Crippen molar-refractivity contribution in [2.24, 2.45) is 0 Å². The monoisotopic (exact) mass is 222 g/mol. The second-order valence-corrected chi connectivity index (χ2v) is 3.84. The van der Waals surface area contributed by atoms with Gasteiger partial charge in [-0.1, -0.05) is 30.3 Å². The van der Waals surface area contributed by atoms with Gasteiger partial charge >= 0.3 is 0 Å². The zero-order valence-electron chi connectivity index (χ0n) is 9.05. The summed E-state index contributed by atoms with van der Waals surface area (Å²) in [6, 6.07) is 13.4. The summed E-state index contributed by atoms with van der Waals surface area (Å²) in [7, 11) is 0. The van der Waals surface area contributed by atoms with E-state index in [9.17, 15) is 4.79 Å². The molecule has 3 heteroatoms. The molecule has 0 aliphatic heterocycles. The third-order valence-corrected chi connectivity index (χ3v) is 2.73. The van der Waals surface area contributed by atoms with Gasteiger partial charge in [-0.15, -0.1) is 0 Å². The van der Waals surface area contributed by atoms with Gasteiger partial charge in [-0.2, -0.15) is 0 Å². The minimum Gasteiger partial charge on any atom is -0.320 e. The Kier molecular flexibility index (Phi) is 2.22. The molecule has 0 spiro atoms. The fraction of sp³-hybridized carbons (Fsp3) is 0. The molecule has 0 amide bonds. The molecule has 0 saturated heterocycles. The number of hydrogen-bond donors (Lipinski definition) is 1. The van der Waals surface area contributed by atoms with Crippen LogP contribution in [0.15, 0.2) is 59.7 Å². The number of fused-ring (bicyclic) bond motifs is 1. The quantitative estimate of drug-likeness (QED) is 0.687. The summed E-state index contributed by atoms with van der Waals surface area (Å²) in [6.45, 7) is 0. The smallest absolute Gasteiger partial charge is 0.256 e. The fourth-order valence-corrected chi connectivity index (χ4v) is 1.88. The van der Waals surface area contributed by atoms with Crippen LogP contribution in [0.2, 0.25) is 0 Å². The van der Waals surface area contributed by atoms with Gasteiger partial charge < -0.3 is 4.98 Å². The minimum atomic E-state index is -0.0864. The highest BCUT2D eigenvalue weighted by Gasteiger charge is 2.04. The number of pyridine rings is 2. The number of rotatable bonds is 1. The van der Waals surface area contributed by atoms with Crippen LogP contribution in [-0.2, 0) is 0 Å². The number of H-pyrrole nitrogens is 1. The third-order valence-electron chi connectivity index (χ3n) is 2.73. The molecule has 2 aromatic heterocycles. The molecule has 0 aliphatic rings. The van der Waals surface area contributed by atoms with Gasteiger partial charge in [-0.05, 0) is 17.7 Å². The zero-order valence-corrected chi connectivity index (χ0v) is 9.05. The Labute approximate surface area is 97.8 Å². The number of aromatic amines is 1. The first-order valence-corrected chi connectivity index (χ1v) is 5.37. The van der Waals surface area contributed by atoms with Gasteiger partial charge in [0.15, 0.2) is 0 Å². The van der Waals surface area contributed by atoms with Gasteiger partial charge in [0.2, 0.25) is 0 Å². The summed E-state index contributed by atoms with van der Waals surface area (Å²) in [5.41, 5.74) is 2.28. The molecule has 3 aromatic rings. The molecule has 0 saturated carbocycles. The van der Waals surface area contributed by atoms with Crippen molar-refractivity contribution in [1.29, 1.82) is 0 Å². The molecule has 0 unspecified atom stereocenters. The average molecular weight is 222 g/mol. The van der Waals surface area contributed by atoms with Crippen LogP contribution in [0.5, 0.6) is 0 Å². The van der Waals surface area contributed by atoms with Crippen molar-refractivity contribution in [1.82, 2.24) is 9.97 Å². The van der Waals surface area contributed by atoms with Gasteiger partial charge in [0.1, 0.15) is 0 Å². The Morgan fingerprint density at radius 3 is 2.71 bits per heavy atom. The number of nitrogens with one attached hydrogen (secondary N) is 1. The van der Waals surface area contributed by atoms with Crippen molar-refractivity contribution < 1.29 is 0 Å². The van der Waals surface area contributed by atoms with E-state index in [2.05, 4.69) is 9.97 Å². The molecule has 1 aromatic carbocycles. The molecule has 0 fully saturated rings. The zero-order chi connectivity index (χ0) is 11.7. The van der Waals surface area contributed by atoms with Crippen LogP contribution >= 0.6 is 0 Å². The van der Waals surface area contributed by atoms with Gasteiger partial charge in [0.25, 0.3) is 5.56 Å². The molecule has 0 atom stereocenters. The van der Waals surface area contributed by atoms with Crippen LogP contribution in [0.3, 0.4) is 0 Å². The highest BCUT2D eigenvalue weighted by atomic mass is 16.1. The third kappa shape index (κ3) is 1.72. The Hall–Kier alpha value is -2.42. The molecule has 3 nitrogen and oxygen atoms in total. The van der Waals surface area contributed by atoms with Crippen LogP contribution in [0.1, 0.15) is 0 Å². The van der Waals surface area contributed by atoms with Crippen molar-refractivity contribution in [3.63, 3.8) is 0 Å². The summed E-state index contributed by atoms with van der Waals surface area (Å²) in [5.74, 6) is 0. The van der Waals surface area contributed by atoms with E-state index in [0.29, 0.717) is 5.56 Å². The lowest BCUT2D eigenvalue weighted by molar-refractivity contribution is 1.26. The summed E-state index contributed by atoms with van der Waals surface area (Å²) in [4.78, 5) is 18.8. The summed E-state index contributed by atoms with van der Waals surface area (Å²) < 4.78 is 0. The number of aromatic nitrogens is 2. The van der Waals surface area contributed by atoms with E-state index in [1.807, 2.05) is 42.5 Å². The summed E-state index contributed by atoms with van der Waals surface area (Å²) in [6.07, 6.45) is 3.38.